The normalized spacial score (nSPS) is 22.9. The van der Waals surface area contributed by atoms with Gasteiger partial charge in [0.15, 0.2) is 5.82 Å². The van der Waals surface area contributed by atoms with E-state index in [2.05, 4.69) is 33.1 Å². The second kappa shape index (κ2) is 6.58. The number of hydrogen-bond acceptors (Lipinski definition) is 6. The second-order valence-corrected chi connectivity index (χ2v) is 7.44. The van der Waals surface area contributed by atoms with Crippen molar-refractivity contribution >= 4 is 5.82 Å². The van der Waals surface area contributed by atoms with Crippen LogP contribution in [0.5, 0.6) is 5.75 Å². The highest BCUT2D eigenvalue weighted by molar-refractivity contribution is 5.71. The van der Waals surface area contributed by atoms with Crippen LogP contribution in [0.15, 0.2) is 24.3 Å². The minimum Gasteiger partial charge on any atom is -0.507 e. The van der Waals surface area contributed by atoms with Crippen molar-refractivity contribution in [1.82, 2.24) is 15.1 Å². The van der Waals surface area contributed by atoms with Gasteiger partial charge in [0, 0.05) is 24.7 Å². The third-order valence-electron chi connectivity index (χ3n) is 5.71. The van der Waals surface area contributed by atoms with Crippen LogP contribution in [0.3, 0.4) is 0 Å². The summed E-state index contributed by atoms with van der Waals surface area (Å²) >= 11 is 0. The average Bonchev–Trinajstić information content (AvgIpc) is 3.05. The molecule has 0 bridgehead atoms. The molecule has 4 rings (SSSR count). The van der Waals surface area contributed by atoms with E-state index in [-0.39, 0.29) is 5.75 Å². The number of likely N-dealkylation sites (tertiary alicyclic amines) is 1. The Bertz CT molecular complexity index is 875. The molecule has 26 heavy (non-hydrogen) atoms. The van der Waals surface area contributed by atoms with Gasteiger partial charge in [0.25, 0.3) is 0 Å². The minimum atomic E-state index is 0.0596. The summed E-state index contributed by atoms with van der Waals surface area (Å²) in [5.41, 5.74) is 2.67. The molecule has 134 valence electrons. The van der Waals surface area contributed by atoms with Gasteiger partial charge in [-0.1, -0.05) is 0 Å². The Morgan fingerprint density at radius 2 is 2.00 bits per heavy atom. The van der Waals surface area contributed by atoms with Gasteiger partial charge in [-0.2, -0.15) is 5.26 Å². The fourth-order valence-corrected chi connectivity index (χ4v) is 4.26. The molecule has 1 N–H and O–H groups in total. The standard InChI is InChI=1S/C20H23N5O/c1-13-9-19(25-8-6-15-5-7-24(2)12-17(15)25)22-23-20(13)16-4-3-14(11-21)10-18(16)26/h3-4,9-10,15,17,26H,5-8,12H2,1-2H3/t15-,17-/m1/s1. The zero-order valence-electron chi connectivity index (χ0n) is 15.2. The number of phenols is 1. The van der Waals surface area contributed by atoms with Crippen LogP contribution in [0.1, 0.15) is 24.0 Å². The summed E-state index contributed by atoms with van der Waals surface area (Å²) < 4.78 is 0. The Kier molecular flexibility index (Phi) is 4.25. The summed E-state index contributed by atoms with van der Waals surface area (Å²) in [5.74, 6) is 1.72. The molecule has 0 radical (unpaired) electrons. The van der Waals surface area contributed by atoms with Crippen molar-refractivity contribution in [1.29, 1.82) is 5.26 Å². The molecule has 2 aliphatic heterocycles. The Morgan fingerprint density at radius 1 is 1.19 bits per heavy atom. The number of rotatable bonds is 2. The number of fused-ring (bicyclic) bond motifs is 1. The lowest BCUT2D eigenvalue weighted by Gasteiger charge is -2.37. The molecule has 2 atom stereocenters. The highest BCUT2D eigenvalue weighted by Gasteiger charge is 2.38. The molecule has 0 saturated carbocycles. The van der Waals surface area contributed by atoms with Crippen LogP contribution in [0.25, 0.3) is 11.3 Å². The van der Waals surface area contributed by atoms with Gasteiger partial charge in [0.1, 0.15) is 5.75 Å². The fourth-order valence-electron chi connectivity index (χ4n) is 4.26. The van der Waals surface area contributed by atoms with Gasteiger partial charge < -0.3 is 14.9 Å². The van der Waals surface area contributed by atoms with Crippen LogP contribution in [0.4, 0.5) is 5.82 Å². The van der Waals surface area contributed by atoms with Crippen molar-refractivity contribution in [2.24, 2.45) is 5.92 Å². The quantitative estimate of drug-likeness (QED) is 0.898. The van der Waals surface area contributed by atoms with E-state index in [1.807, 2.05) is 13.0 Å². The van der Waals surface area contributed by atoms with Crippen LogP contribution < -0.4 is 4.90 Å². The van der Waals surface area contributed by atoms with Crippen LogP contribution in [-0.4, -0.2) is 52.9 Å². The number of benzene rings is 1. The first-order chi connectivity index (χ1) is 12.6. The van der Waals surface area contributed by atoms with Gasteiger partial charge in [-0.15, -0.1) is 10.2 Å². The predicted molar refractivity (Wildman–Crippen MR) is 99.9 cm³/mol. The maximum absolute atomic E-state index is 10.2. The van der Waals surface area contributed by atoms with E-state index >= 15 is 0 Å². The van der Waals surface area contributed by atoms with Crippen LogP contribution >= 0.6 is 0 Å². The van der Waals surface area contributed by atoms with Gasteiger partial charge in [-0.3, -0.25) is 0 Å². The van der Waals surface area contributed by atoms with Gasteiger partial charge in [-0.25, -0.2) is 0 Å². The zero-order chi connectivity index (χ0) is 18.3. The molecule has 1 aromatic heterocycles. The number of aromatic nitrogens is 2. The Morgan fingerprint density at radius 3 is 2.73 bits per heavy atom. The lowest BCUT2D eigenvalue weighted by molar-refractivity contribution is 0.207. The molecule has 0 aliphatic carbocycles. The molecule has 2 saturated heterocycles. The summed E-state index contributed by atoms with van der Waals surface area (Å²) in [5, 5.41) is 28.1. The summed E-state index contributed by atoms with van der Waals surface area (Å²) in [7, 11) is 2.18. The number of nitrogens with zero attached hydrogens (tertiary/aromatic N) is 5. The first kappa shape index (κ1) is 16.8. The average molecular weight is 349 g/mol. The monoisotopic (exact) mass is 349 g/mol. The van der Waals surface area contributed by atoms with Gasteiger partial charge >= 0.3 is 0 Å². The number of phenolic OH excluding ortho intramolecular Hbond substituents is 1. The number of nitriles is 1. The Labute approximate surface area is 153 Å². The van der Waals surface area contributed by atoms with Crippen LogP contribution in [-0.2, 0) is 0 Å². The van der Waals surface area contributed by atoms with E-state index < -0.39 is 0 Å². The molecular formula is C20H23N5O. The molecule has 2 aromatic rings. The predicted octanol–water partition coefficient (Wildman–Crippen LogP) is 2.56. The molecular weight excluding hydrogens is 326 g/mol. The third kappa shape index (κ3) is 2.89. The number of aryl methyl sites for hydroxylation is 1. The van der Waals surface area contributed by atoms with Crippen molar-refractivity contribution in [2.45, 2.75) is 25.8 Å². The molecule has 0 unspecified atom stereocenters. The molecule has 2 fully saturated rings. The molecule has 0 amide bonds. The van der Waals surface area contributed by atoms with Crippen molar-refractivity contribution in [3.05, 3.63) is 35.4 Å². The lowest BCUT2D eigenvalue weighted by atomic mass is 9.92. The summed E-state index contributed by atoms with van der Waals surface area (Å²) in [4.78, 5) is 4.78. The van der Waals surface area contributed by atoms with Gasteiger partial charge in [0.2, 0.25) is 0 Å². The lowest BCUT2D eigenvalue weighted by Crippen LogP contribution is -2.47. The van der Waals surface area contributed by atoms with Crippen LogP contribution in [0.2, 0.25) is 0 Å². The highest BCUT2D eigenvalue weighted by Crippen LogP contribution is 2.36. The van der Waals surface area contributed by atoms with Crippen LogP contribution in [0, 0.1) is 24.2 Å². The number of likely N-dealkylation sites (N-methyl/N-ethyl adjacent to an activating group) is 1. The number of aromatic hydroxyl groups is 1. The van der Waals surface area contributed by atoms with Crippen molar-refractivity contribution in [3.8, 4) is 23.1 Å². The third-order valence-corrected chi connectivity index (χ3v) is 5.71. The van der Waals surface area contributed by atoms with Gasteiger partial charge in [-0.05, 0) is 69.1 Å². The van der Waals surface area contributed by atoms with Gasteiger partial charge in [0.05, 0.1) is 17.3 Å². The Balaban J connectivity index is 1.64. The Hall–Kier alpha value is -2.65. The second-order valence-electron chi connectivity index (χ2n) is 7.44. The van der Waals surface area contributed by atoms with Crippen molar-refractivity contribution < 1.29 is 5.11 Å². The molecule has 0 spiro atoms. The number of piperidine rings is 1. The molecule has 1 aromatic carbocycles. The largest absolute Gasteiger partial charge is 0.507 e. The van der Waals surface area contributed by atoms with Crippen molar-refractivity contribution in [2.75, 3.05) is 31.6 Å². The molecule has 6 nitrogen and oxygen atoms in total. The van der Waals surface area contributed by atoms with E-state index in [1.54, 1.807) is 12.1 Å². The maximum atomic E-state index is 10.2. The van der Waals surface area contributed by atoms with Crippen molar-refractivity contribution in [3.63, 3.8) is 0 Å². The maximum Gasteiger partial charge on any atom is 0.151 e. The summed E-state index contributed by atoms with van der Waals surface area (Å²) in [6.45, 7) is 5.27. The minimum absolute atomic E-state index is 0.0596. The van der Waals surface area contributed by atoms with E-state index in [4.69, 9.17) is 5.26 Å². The SMILES string of the molecule is Cc1cc(N2CC[C@H]3CCN(C)C[C@H]32)nnc1-c1ccc(C#N)cc1O. The number of anilines is 1. The fraction of sp³-hybridized carbons (Fsp3) is 0.450. The zero-order valence-corrected chi connectivity index (χ0v) is 15.2. The molecule has 3 heterocycles. The smallest absolute Gasteiger partial charge is 0.151 e. The van der Waals surface area contributed by atoms with E-state index in [0.29, 0.717) is 22.9 Å². The summed E-state index contributed by atoms with van der Waals surface area (Å²) in [6, 6.07) is 9.49. The first-order valence-electron chi connectivity index (χ1n) is 9.10. The molecule has 2 aliphatic rings. The first-order valence-corrected chi connectivity index (χ1v) is 9.10. The topological polar surface area (TPSA) is 76.3 Å². The molecule has 6 heteroatoms. The number of hydrogen-bond donors (Lipinski definition) is 1. The summed E-state index contributed by atoms with van der Waals surface area (Å²) in [6.07, 6.45) is 2.47. The van der Waals surface area contributed by atoms with E-state index in [0.717, 1.165) is 30.4 Å². The van der Waals surface area contributed by atoms with E-state index in [1.165, 1.54) is 25.5 Å². The highest BCUT2D eigenvalue weighted by atomic mass is 16.3. The van der Waals surface area contributed by atoms with E-state index in [9.17, 15) is 5.11 Å².